The fourth-order valence-corrected chi connectivity index (χ4v) is 1.39. The lowest BCUT2D eigenvalue weighted by Crippen LogP contribution is -2.12. The molecule has 7 heteroatoms. The number of methoxy groups -OCH3 is 1. The number of hydrogen-bond donors (Lipinski definition) is 1. The lowest BCUT2D eigenvalue weighted by molar-refractivity contribution is 0.0642. The maximum absolute atomic E-state index is 11.8. The summed E-state index contributed by atoms with van der Waals surface area (Å²) in [4.78, 5) is 22.6. The van der Waals surface area contributed by atoms with E-state index >= 15 is 0 Å². The van der Waals surface area contributed by atoms with Crippen molar-refractivity contribution < 1.29 is 28.7 Å². The van der Waals surface area contributed by atoms with Crippen molar-refractivity contribution in [1.82, 2.24) is 5.16 Å². The quantitative estimate of drug-likeness (QED) is 0.660. The van der Waals surface area contributed by atoms with E-state index in [9.17, 15) is 9.59 Å². The van der Waals surface area contributed by atoms with Gasteiger partial charge in [-0.25, -0.2) is 9.59 Å². The maximum atomic E-state index is 11.8. The first-order chi connectivity index (χ1) is 9.13. The van der Waals surface area contributed by atoms with Crippen LogP contribution in [0.4, 0.5) is 0 Å². The average Bonchev–Trinajstić information content (AvgIpc) is 2.88. The van der Waals surface area contributed by atoms with Gasteiger partial charge in [-0.15, -0.1) is 0 Å². The molecule has 0 aliphatic rings. The van der Waals surface area contributed by atoms with Crippen LogP contribution in [0.5, 0.6) is 11.5 Å². The zero-order valence-corrected chi connectivity index (χ0v) is 9.82. The van der Waals surface area contributed by atoms with E-state index in [1.807, 2.05) is 0 Å². The number of carbonyl (C=O) groups is 2. The Morgan fingerprint density at radius 1 is 1.26 bits per heavy atom. The third-order valence-electron chi connectivity index (χ3n) is 2.26. The smallest absolute Gasteiger partial charge is 0.383 e. The Kier molecular flexibility index (Phi) is 3.46. The van der Waals surface area contributed by atoms with Crippen LogP contribution < -0.4 is 9.47 Å². The summed E-state index contributed by atoms with van der Waals surface area (Å²) in [7, 11) is 1.42. The molecule has 1 N–H and O–H groups in total. The Morgan fingerprint density at radius 3 is 2.58 bits per heavy atom. The number of ether oxygens (including phenoxy) is 2. The highest BCUT2D eigenvalue weighted by atomic mass is 16.6. The number of benzene rings is 1. The summed E-state index contributed by atoms with van der Waals surface area (Å²) in [6.45, 7) is 0. The largest absolute Gasteiger partial charge is 0.493 e. The van der Waals surface area contributed by atoms with Crippen molar-refractivity contribution >= 4 is 11.9 Å². The van der Waals surface area contributed by atoms with Crippen LogP contribution in [0, 0.1) is 0 Å². The van der Waals surface area contributed by atoms with Crippen LogP contribution in [0.15, 0.2) is 35.0 Å². The number of aromatic carboxylic acids is 1. The average molecular weight is 263 g/mol. The molecule has 0 saturated heterocycles. The van der Waals surface area contributed by atoms with Gasteiger partial charge >= 0.3 is 11.9 Å². The minimum Gasteiger partial charge on any atom is -0.493 e. The summed E-state index contributed by atoms with van der Waals surface area (Å²) < 4.78 is 14.6. The van der Waals surface area contributed by atoms with Crippen LogP contribution in [0.25, 0.3) is 0 Å². The van der Waals surface area contributed by atoms with Gasteiger partial charge in [0.05, 0.1) is 13.3 Å². The van der Waals surface area contributed by atoms with Crippen LogP contribution in [0.2, 0.25) is 0 Å². The highest BCUT2D eigenvalue weighted by Gasteiger charge is 2.24. The van der Waals surface area contributed by atoms with Gasteiger partial charge in [0, 0.05) is 0 Å². The van der Waals surface area contributed by atoms with E-state index in [-0.39, 0.29) is 11.3 Å². The Hall–Kier alpha value is -2.83. The molecule has 1 aromatic carbocycles. The number of carbonyl (C=O) groups excluding carboxylic acids is 1. The van der Waals surface area contributed by atoms with Crippen molar-refractivity contribution in [3.05, 3.63) is 41.8 Å². The number of carboxylic acid groups (broad SMARTS) is 1. The molecular formula is C12H9NO6. The summed E-state index contributed by atoms with van der Waals surface area (Å²) in [5, 5.41) is 12.1. The van der Waals surface area contributed by atoms with Crippen LogP contribution in [-0.2, 0) is 0 Å². The molecule has 0 aliphatic heterocycles. The first kappa shape index (κ1) is 12.6. The second-order valence-corrected chi connectivity index (χ2v) is 3.41. The predicted molar refractivity (Wildman–Crippen MR) is 61.4 cm³/mol. The van der Waals surface area contributed by atoms with Gasteiger partial charge in [-0.2, -0.15) is 0 Å². The molecule has 0 amide bonds. The Bertz CT molecular complexity index is 618. The zero-order chi connectivity index (χ0) is 13.8. The first-order valence-corrected chi connectivity index (χ1v) is 5.16. The summed E-state index contributed by atoms with van der Waals surface area (Å²) in [5.74, 6) is -2.26. The summed E-state index contributed by atoms with van der Waals surface area (Å²) in [5.41, 5.74) is -0.361. The van der Waals surface area contributed by atoms with E-state index in [2.05, 4.69) is 9.68 Å². The molecule has 1 aromatic heterocycles. The standard InChI is InChI=1S/C12H9NO6/c1-17-8-4-2-3-5-9(8)18-12(16)10-7(11(14)15)6-13-19-10/h2-6H,1H3,(H,14,15). The van der Waals surface area contributed by atoms with Gasteiger partial charge in [0.15, 0.2) is 11.5 Å². The van der Waals surface area contributed by atoms with Gasteiger partial charge in [-0.05, 0) is 12.1 Å². The Morgan fingerprint density at radius 2 is 1.95 bits per heavy atom. The molecule has 0 saturated carbocycles. The molecular weight excluding hydrogens is 254 g/mol. The van der Waals surface area contributed by atoms with Crippen LogP contribution in [0.1, 0.15) is 20.9 Å². The SMILES string of the molecule is COc1ccccc1OC(=O)c1oncc1C(=O)O. The lowest BCUT2D eigenvalue weighted by Gasteiger charge is -2.07. The van der Waals surface area contributed by atoms with Crippen molar-refractivity contribution in [2.45, 2.75) is 0 Å². The van der Waals surface area contributed by atoms with Crippen molar-refractivity contribution in [1.29, 1.82) is 0 Å². The Balaban J connectivity index is 2.26. The van der Waals surface area contributed by atoms with Crippen LogP contribution >= 0.6 is 0 Å². The van der Waals surface area contributed by atoms with Gasteiger partial charge in [-0.3, -0.25) is 0 Å². The summed E-state index contributed by atoms with van der Waals surface area (Å²) >= 11 is 0. The summed E-state index contributed by atoms with van der Waals surface area (Å²) in [6, 6.07) is 6.45. The summed E-state index contributed by atoms with van der Waals surface area (Å²) in [6.07, 6.45) is 0.932. The normalized spacial score (nSPS) is 9.95. The van der Waals surface area contributed by atoms with Crippen LogP contribution in [-0.4, -0.2) is 29.3 Å². The molecule has 19 heavy (non-hydrogen) atoms. The minimum absolute atomic E-state index is 0.155. The molecule has 0 aliphatic carbocycles. The second kappa shape index (κ2) is 5.21. The number of rotatable bonds is 4. The molecule has 0 atom stereocenters. The highest BCUT2D eigenvalue weighted by Crippen LogP contribution is 2.27. The molecule has 0 spiro atoms. The highest BCUT2D eigenvalue weighted by molar-refractivity contribution is 6.00. The van der Waals surface area contributed by atoms with Crippen LogP contribution in [0.3, 0.4) is 0 Å². The number of esters is 1. The molecule has 0 radical (unpaired) electrons. The van der Waals surface area contributed by atoms with Gasteiger partial charge in [-0.1, -0.05) is 17.3 Å². The third-order valence-corrected chi connectivity index (χ3v) is 2.26. The fraction of sp³-hybridized carbons (Fsp3) is 0.0833. The molecule has 0 fully saturated rings. The zero-order valence-electron chi connectivity index (χ0n) is 9.82. The van der Waals surface area contributed by atoms with Gasteiger partial charge in [0.1, 0.15) is 5.56 Å². The topological polar surface area (TPSA) is 98.9 Å². The van der Waals surface area contributed by atoms with Crippen molar-refractivity contribution in [3.63, 3.8) is 0 Å². The number of aromatic nitrogens is 1. The maximum Gasteiger partial charge on any atom is 0.383 e. The van der Waals surface area contributed by atoms with E-state index in [1.165, 1.54) is 13.2 Å². The molecule has 1 heterocycles. The number of carboxylic acids is 1. The number of para-hydroxylation sites is 2. The fourth-order valence-electron chi connectivity index (χ4n) is 1.39. The molecule has 0 unspecified atom stereocenters. The molecule has 0 bridgehead atoms. The molecule has 2 rings (SSSR count). The van der Waals surface area contributed by atoms with E-state index in [4.69, 9.17) is 14.6 Å². The van der Waals surface area contributed by atoms with Crippen molar-refractivity contribution in [3.8, 4) is 11.5 Å². The Labute approximate surface area is 107 Å². The van der Waals surface area contributed by atoms with Crippen molar-refractivity contribution in [2.24, 2.45) is 0 Å². The van der Waals surface area contributed by atoms with Crippen molar-refractivity contribution in [2.75, 3.05) is 7.11 Å². The molecule has 7 nitrogen and oxygen atoms in total. The predicted octanol–water partition coefficient (Wildman–Crippen LogP) is 1.60. The van der Waals surface area contributed by atoms with Gasteiger partial charge < -0.3 is 19.1 Å². The molecule has 98 valence electrons. The monoisotopic (exact) mass is 263 g/mol. The molecule has 2 aromatic rings. The van der Waals surface area contributed by atoms with E-state index < -0.39 is 17.7 Å². The van der Waals surface area contributed by atoms with E-state index in [0.29, 0.717) is 5.75 Å². The second-order valence-electron chi connectivity index (χ2n) is 3.41. The van der Waals surface area contributed by atoms with E-state index in [0.717, 1.165) is 6.20 Å². The first-order valence-electron chi connectivity index (χ1n) is 5.16. The number of nitrogens with zero attached hydrogens (tertiary/aromatic N) is 1. The van der Waals surface area contributed by atoms with Gasteiger partial charge in [0.2, 0.25) is 0 Å². The van der Waals surface area contributed by atoms with Gasteiger partial charge in [0.25, 0.3) is 5.76 Å². The van der Waals surface area contributed by atoms with E-state index in [1.54, 1.807) is 18.2 Å². The third kappa shape index (κ3) is 2.54. The lowest BCUT2D eigenvalue weighted by atomic mass is 10.2. The number of hydrogen-bond acceptors (Lipinski definition) is 6. The minimum atomic E-state index is -1.33.